The maximum Gasteiger partial charge on any atom is 0.200 e. The second kappa shape index (κ2) is 5.77. The second-order valence-electron chi connectivity index (χ2n) is 5.92. The first-order chi connectivity index (χ1) is 10.0. The van der Waals surface area contributed by atoms with Crippen molar-refractivity contribution >= 4 is 29.2 Å². The maximum absolute atomic E-state index is 13.9. The molecule has 0 spiro atoms. The van der Waals surface area contributed by atoms with E-state index in [-0.39, 0.29) is 5.56 Å². The van der Waals surface area contributed by atoms with Gasteiger partial charge in [-0.2, -0.15) is 0 Å². The Morgan fingerprint density at radius 1 is 0.727 bits per heavy atom. The molecule has 0 aliphatic carbocycles. The predicted octanol–water partition coefficient (Wildman–Crippen LogP) is 5.36. The van der Waals surface area contributed by atoms with E-state index in [4.69, 9.17) is 0 Å². The van der Waals surface area contributed by atoms with Crippen molar-refractivity contribution in [3.05, 3.63) is 51.8 Å². The average Bonchev–Trinajstić information content (AvgIpc) is 2.42. The molecule has 0 nitrogen and oxygen atoms in total. The normalized spacial score (nSPS) is 11.9. The standard InChI is InChI=1S/C15H12BrF5Si/c1-22(2,3)9-5-7(4-8(16)6-9)10-11(17)13(19)15(21)14(20)12(10)18/h4-6H,1-3H3. The molecule has 0 amide bonds. The summed E-state index contributed by atoms with van der Waals surface area (Å²) in [6, 6.07) is 4.61. The van der Waals surface area contributed by atoms with Crippen molar-refractivity contribution in [1.82, 2.24) is 0 Å². The Morgan fingerprint density at radius 3 is 1.64 bits per heavy atom. The van der Waals surface area contributed by atoms with Gasteiger partial charge in [0.1, 0.15) is 0 Å². The Morgan fingerprint density at radius 2 is 1.18 bits per heavy atom. The molecule has 2 rings (SSSR count). The molecule has 0 N–H and O–H groups in total. The van der Waals surface area contributed by atoms with Gasteiger partial charge in [-0.15, -0.1) is 0 Å². The molecule has 0 radical (unpaired) electrons. The van der Waals surface area contributed by atoms with Crippen molar-refractivity contribution in [3.63, 3.8) is 0 Å². The fraction of sp³-hybridized carbons (Fsp3) is 0.200. The molecule has 2 aromatic carbocycles. The molecule has 7 heteroatoms. The monoisotopic (exact) mass is 394 g/mol. The van der Waals surface area contributed by atoms with Crippen LogP contribution in [0.1, 0.15) is 0 Å². The minimum Gasteiger partial charge on any atom is -0.203 e. The van der Waals surface area contributed by atoms with Gasteiger partial charge in [-0.05, 0) is 17.7 Å². The van der Waals surface area contributed by atoms with E-state index < -0.39 is 42.7 Å². The molecule has 0 atom stereocenters. The van der Waals surface area contributed by atoms with Crippen LogP contribution in [0.4, 0.5) is 22.0 Å². The van der Waals surface area contributed by atoms with Gasteiger partial charge in [0, 0.05) is 4.47 Å². The summed E-state index contributed by atoms with van der Waals surface area (Å²) in [5, 5.41) is 0.834. The molecule has 0 saturated heterocycles. The van der Waals surface area contributed by atoms with Crippen LogP contribution in [-0.4, -0.2) is 8.07 Å². The summed E-state index contributed by atoms with van der Waals surface area (Å²) in [7, 11) is -1.84. The minimum absolute atomic E-state index is 0.0420. The van der Waals surface area contributed by atoms with Crippen molar-refractivity contribution in [1.29, 1.82) is 0 Å². The molecule has 0 saturated carbocycles. The number of hydrogen-bond donors (Lipinski definition) is 0. The molecule has 22 heavy (non-hydrogen) atoms. The maximum atomic E-state index is 13.9. The van der Waals surface area contributed by atoms with Gasteiger partial charge >= 0.3 is 0 Å². The van der Waals surface area contributed by atoms with Gasteiger partial charge in [-0.1, -0.05) is 46.8 Å². The predicted molar refractivity (Wildman–Crippen MR) is 82.3 cm³/mol. The highest BCUT2D eigenvalue weighted by molar-refractivity contribution is 9.10. The highest BCUT2D eigenvalue weighted by Gasteiger charge is 2.27. The summed E-state index contributed by atoms with van der Waals surface area (Å²) in [6.07, 6.45) is 0. The largest absolute Gasteiger partial charge is 0.203 e. The lowest BCUT2D eigenvalue weighted by molar-refractivity contribution is 0.381. The first kappa shape index (κ1) is 17.1. The van der Waals surface area contributed by atoms with Crippen molar-refractivity contribution in [2.75, 3.05) is 0 Å². The summed E-state index contributed by atoms with van der Waals surface area (Å²) < 4.78 is 68.2. The first-order valence-corrected chi connectivity index (χ1v) is 10.7. The molecule has 0 unspecified atom stereocenters. The molecule has 0 aromatic heterocycles. The third-order valence-electron chi connectivity index (χ3n) is 3.26. The van der Waals surface area contributed by atoms with E-state index in [1.165, 1.54) is 12.1 Å². The van der Waals surface area contributed by atoms with Crippen molar-refractivity contribution < 1.29 is 22.0 Å². The quantitative estimate of drug-likeness (QED) is 0.278. The van der Waals surface area contributed by atoms with Gasteiger partial charge < -0.3 is 0 Å². The number of benzene rings is 2. The van der Waals surface area contributed by atoms with E-state index >= 15 is 0 Å². The van der Waals surface area contributed by atoms with Crippen molar-refractivity contribution in [3.8, 4) is 11.1 Å². The molecule has 2 aromatic rings. The molecule has 0 aliphatic rings. The van der Waals surface area contributed by atoms with Crippen LogP contribution in [0.2, 0.25) is 19.6 Å². The lowest BCUT2D eigenvalue weighted by Gasteiger charge is -2.19. The zero-order valence-corrected chi connectivity index (χ0v) is 14.6. The summed E-state index contributed by atoms with van der Waals surface area (Å²) >= 11 is 3.22. The number of halogens is 6. The Bertz CT molecular complexity index is 724. The Balaban J connectivity index is 2.81. The Kier molecular flexibility index (Phi) is 4.50. The third kappa shape index (κ3) is 2.96. The first-order valence-electron chi connectivity index (χ1n) is 6.37. The van der Waals surface area contributed by atoms with E-state index in [1.807, 2.05) is 19.6 Å². The molecule has 118 valence electrons. The summed E-state index contributed by atoms with van der Waals surface area (Å²) in [6.45, 7) is 6.03. The van der Waals surface area contributed by atoms with Gasteiger partial charge in [-0.3, -0.25) is 0 Å². The number of rotatable bonds is 2. The van der Waals surface area contributed by atoms with Crippen LogP contribution in [0.3, 0.4) is 0 Å². The minimum atomic E-state index is -2.15. The highest BCUT2D eigenvalue weighted by Crippen LogP contribution is 2.32. The van der Waals surface area contributed by atoms with E-state index in [0.717, 1.165) is 5.19 Å². The topological polar surface area (TPSA) is 0 Å². The van der Waals surface area contributed by atoms with Crippen LogP contribution in [0, 0.1) is 29.1 Å². The fourth-order valence-electron chi connectivity index (χ4n) is 2.03. The molecule has 0 aliphatic heterocycles. The van der Waals surface area contributed by atoms with Crippen LogP contribution >= 0.6 is 15.9 Å². The van der Waals surface area contributed by atoms with Crippen LogP contribution in [0.5, 0.6) is 0 Å². The Labute approximate surface area is 134 Å². The van der Waals surface area contributed by atoms with E-state index in [0.29, 0.717) is 4.47 Å². The van der Waals surface area contributed by atoms with Gasteiger partial charge in [0.25, 0.3) is 0 Å². The van der Waals surface area contributed by atoms with Crippen LogP contribution < -0.4 is 5.19 Å². The second-order valence-corrected chi connectivity index (χ2v) is 11.9. The summed E-state index contributed by atoms with van der Waals surface area (Å²) in [5.41, 5.74) is -0.947. The average molecular weight is 395 g/mol. The molecule has 0 fully saturated rings. The zero-order valence-electron chi connectivity index (χ0n) is 12.0. The summed E-state index contributed by atoms with van der Waals surface area (Å²) in [4.78, 5) is 0. The number of hydrogen-bond acceptors (Lipinski definition) is 0. The SMILES string of the molecule is C[Si](C)(C)c1cc(Br)cc(-c2c(F)c(F)c(F)c(F)c2F)c1. The Hall–Kier alpha value is -1.21. The van der Waals surface area contributed by atoms with Crippen LogP contribution in [0.15, 0.2) is 22.7 Å². The molecular formula is C15H12BrF5Si. The van der Waals surface area contributed by atoms with E-state index in [9.17, 15) is 22.0 Å². The van der Waals surface area contributed by atoms with E-state index in [2.05, 4.69) is 15.9 Å². The third-order valence-corrected chi connectivity index (χ3v) is 5.74. The van der Waals surface area contributed by atoms with Crippen molar-refractivity contribution in [2.45, 2.75) is 19.6 Å². The van der Waals surface area contributed by atoms with Crippen molar-refractivity contribution in [2.24, 2.45) is 0 Å². The van der Waals surface area contributed by atoms with Crippen LogP contribution in [0.25, 0.3) is 11.1 Å². The van der Waals surface area contributed by atoms with Crippen LogP contribution in [-0.2, 0) is 0 Å². The molecule has 0 bridgehead atoms. The van der Waals surface area contributed by atoms with E-state index in [1.54, 1.807) is 6.07 Å². The van der Waals surface area contributed by atoms with Gasteiger partial charge in [0.2, 0.25) is 5.82 Å². The zero-order chi connectivity index (χ0) is 16.8. The summed E-state index contributed by atoms with van der Waals surface area (Å²) in [5.74, 6) is -9.68. The van der Waals surface area contributed by atoms with Gasteiger partial charge in [-0.25, -0.2) is 22.0 Å². The molecular weight excluding hydrogens is 383 g/mol. The lowest BCUT2D eigenvalue weighted by Crippen LogP contribution is -2.37. The molecule has 0 heterocycles. The fourth-order valence-corrected chi connectivity index (χ4v) is 3.91. The van der Waals surface area contributed by atoms with Gasteiger partial charge in [0.05, 0.1) is 13.6 Å². The lowest BCUT2D eigenvalue weighted by atomic mass is 10.0. The highest BCUT2D eigenvalue weighted by atomic mass is 79.9. The smallest absolute Gasteiger partial charge is 0.200 e. The van der Waals surface area contributed by atoms with Gasteiger partial charge in [0.15, 0.2) is 23.3 Å².